The Labute approximate surface area is 74.4 Å². The van der Waals surface area contributed by atoms with Crippen molar-refractivity contribution in [2.24, 2.45) is 0 Å². The minimum Gasteiger partial charge on any atom is -0.465 e. The quantitative estimate of drug-likeness (QED) is 0.492. The molecule has 12 heavy (non-hydrogen) atoms. The minimum atomic E-state index is -0.377. The van der Waals surface area contributed by atoms with Crippen LogP contribution in [0.25, 0.3) is 4.85 Å². The molecule has 0 unspecified atom stereocenters. The Bertz CT molecular complexity index is 348. The largest absolute Gasteiger partial charge is 0.465 e. The van der Waals surface area contributed by atoms with Gasteiger partial charge in [0.05, 0.1) is 13.7 Å². The molecule has 0 atom stereocenters. The second-order valence-corrected chi connectivity index (χ2v) is 3.41. The summed E-state index contributed by atoms with van der Waals surface area (Å²) in [6.07, 6.45) is 0. The van der Waals surface area contributed by atoms with Gasteiger partial charge >= 0.3 is 5.97 Å². The van der Waals surface area contributed by atoms with Crippen LogP contribution in [0, 0.1) is 13.5 Å². The molecular weight excluding hydrogens is 174 g/mol. The fourth-order valence-electron chi connectivity index (χ4n) is 0.785. The van der Waals surface area contributed by atoms with E-state index in [2.05, 4.69) is 9.58 Å². The van der Waals surface area contributed by atoms with Gasteiger partial charge in [0.1, 0.15) is 4.88 Å². The maximum Gasteiger partial charge on any atom is 0.346 e. The highest BCUT2D eigenvalue weighted by atomic mass is 32.1. The van der Waals surface area contributed by atoms with Gasteiger partial charge in [0.25, 0.3) is 0 Å². The van der Waals surface area contributed by atoms with Crippen molar-refractivity contribution >= 4 is 23.0 Å². The summed E-state index contributed by atoms with van der Waals surface area (Å²) in [6.45, 7) is 8.59. The van der Waals surface area contributed by atoms with E-state index in [1.165, 1.54) is 18.4 Å². The van der Waals surface area contributed by atoms with Crippen LogP contribution < -0.4 is 0 Å². The molecule has 0 aromatic carbocycles. The molecule has 0 aliphatic rings. The molecule has 0 saturated carbocycles. The van der Waals surface area contributed by atoms with Gasteiger partial charge in [0, 0.05) is 4.88 Å². The molecule has 62 valence electrons. The number of ether oxygens (including phenoxy) is 1. The van der Waals surface area contributed by atoms with Crippen molar-refractivity contribution in [1.29, 1.82) is 0 Å². The maximum atomic E-state index is 11.0. The molecule has 1 heterocycles. The number of esters is 1. The highest BCUT2D eigenvalue weighted by molar-refractivity contribution is 7.14. The van der Waals surface area contributed by atoms with Crippen LogP contribution in [0.3, 0.4) is 0 Å². The molecule has 0 radical (unpaired) electrons. The highest BCUT2D eigenvalue weighted by Crippen LogP contribution is 2.28. The van der Waals surface area contributed by atoms with Crippen LogP contribution in [-0.4, -0.2) is 13.1 Å². The molecule has 1 aromatic heterocycles. The summed E-state index contributed by atoms with van der Waals surface area (Å²) >= 11 is 1.28. The molecule has 0 aliphatic heterocycles. The third-order valence-electron chi connectivity index (χ3n) is 1.40. The summed E-state index contributed by atoms with van der Waals surface area (Å²) in [5, 5.41) is 0. The van der Waals surface area contributed by atoms with E-state index in [0.29, 0.717) is 10.6 Å². The average molecular weight is 181 g/mol. The number of hydrogen-bond acceptors (Lipinski definition) is 3. The number of carbonyl (C=O) groups is 1. The monoisotopic (exact) mass is 181 g/mol. The van der Waals surface area contributed by atoms with Gasteiger partial charge in [-0.1, -0.05) is 0 Å². The molecule has 0 aliphatic carbocycles. The number of methoxy groups -OCH3 is 1. The number of hydrogen-bond donors (Lipinski definition) is 0. The van der Waals surface area contributed by atoms with Crippen molar-refractivity contribution in [2.45, 2.75) is 6.92 Å². The summed E-state index contributed by atoms with van der Waals surface area (Å²) in [6, 6.07) is 1.55. The predicted octanol–water partition coefficient (Wildman–Crippen LogP) is 2.39. The van der Waals surface area contributed by atoms with E-state index in [9.17, 15) is 4.79 Å². The van der Waals surface area contributed by atoms with Gasteiger partial charge in [-0.3, -0.25) is 0 Å². The van der Waals surface area contributed by atoms with E-state index in [0.717, 1.165) is 4.88 Å². The lowest BCUT2D eigenvalue weighted by Crippen LogP contribution is -1.96. The fraction of sp³-hybridized carbons (Fsp3) is 0.250. The molecule has 0 bridgehead atoms. The third-order valence-corrected chi connectivity index (χ3v) is 2.42. The zero-order chi connectivity index (χ0) is 9.14. The van der Waals surface area contributed by atoms with E-state index in [1.807, 2.05) is 6.92 Å². The van der Waals surface area contributed by atoms with E-state index in [-0.39, 0.29) is 5.97 Å². The van der Waals surface area contributed by atoms with Crippen molar-refractivity contribution in [3.05, 3.63) is 27.2 Å². The first kappa shape index (κ1) is 8.75. The van der Waals surface area contributed by atoms with Gasteiger partial charge in [-0.2, -0.15) is 0 Å². The SMILES string of the molecule is [C-]#[N+]c1cc(C(=O)OC)sc1C. The number of nitrogens with zero attached hydrogens (tertiary/aromatic N) is 1. The van der Waals surface area contributed by atoms with Gasteiger partial charge in [-0.15, -0.1) is 11.3 Å². The molecular formula is C8H7NO2S. The number of carbonyl (C=O) groups excluding carboxylic acids is 1. The van der Waals surface area contributed by atoms with Crippen LogP contribution in [0.5, 0.6) is 0 Å². The van der Waals surface area contributed by atoms with Crippen LogP contribution in [-0.2, 0) is 4.74 Å². The normalized spacial score (nSPS) is 9.08. The lowest BCUT2D eigenvalue weighted by Gasteiger charge is -1.91. The lowest BCUT2D eigenvalue weighted by atomic mass is 10.4. The van der Waals surface area contributed by atoms with Crippen LogP contribution in [0.15, 0.2) is 6.07 Å². The van der Waals surface area contributed by atoms with Crippen molar-refractivity contribution < 1.29 is 9.53 Å². The van der Waals surface area contributed by atoms with E-state index < -0.39 is 0 Å². The predicted molar refractivity (Wildman–Crippen MR) is 46.7 cm³/mol. The Morgan fingerprint density at radius 1 is 1.75 bits per heavy atom. The molecule has 0 N–H and O–H groups in total. The Balaban J connectivity index is 3.07. The zero-order valence-corrected chi connectivity index (χ0v) is 7.57. The standard InChI is InChI=1S/C8H7NO2S/c1-5-6(9-2)4-7(12-5)8(10)11-3/h4H,1,3H3. The topological polar surface area (TPSA) is 30.7 Å². The Morgan fingerprint density at radius 3 is 2.83 bits per heavy atom. The lowest BCUT2D eigenvalue weighted by molar-refractivity contribution is 0.0606. The Hall–Kier alpha value is -1.34. The first-order valence-corrected chi connectivity index (χ1v) is 4.07. The molecule has 1 rings (SSSR count). The number of thiophene rings is 1. The van der Waals surface area contributed by atoms with Crippen LogP contribution in [0.1, 0.15) is 14.5 Å². The number of rotatable bonds is 1. The first-order valence-electron chi connectivity index (χ1n) is 3.25. The average Bonchev–Trinajstić information content (AvgIpc) is 2.45. The summed E-state index contributed by atoms with van der Waals surface area (Å²) in [7, 11) is 1.33. The van der Waals surface area contributed by atoms with Gasteiger partial charge in [0.2, 0.25) is 5.69 Å². The van der Waals surface area contributed by atoms with Crippen molar-refractivity contribution in [3.8, 4) is 0 Å². The summed E-state index contributed by atoms with van der Waals surface area (Å²) < 4.78 is 4.52. The van der Waals surface area contributed by atoms with E-state index >= 15 is 0 Å². The second kappa shape index (κ2) is 3.37. The third kappa shape index (κ3) is 1.46. The molecule has 1 aromatic rings. The Kier molecular flexibility index (Phi) is 2.46. The fourth-order valence-corrected chi connectivity index (χ4v) is 1.66. The molecule has 4 heteroatoms. The molecule has 3 nitrogen and oxygen atoms in total. The van der Waals surface area contributed by atoms with Crippen molar-refractivity contribution in [3.63, 3.8) is 0 Å². The van der Waals surface area contributed by atoms with Crippen LogP contribution in [0.2, 0.25) is 0 Å². The van der Waals surface area contributed by atoms with E-state index in [1.54, 1.807) is 6.07 Å². The molecule has 0 fully saturated rings. The molecule has 0 spiro atoms. The second-order valence-electron chi connectivity index (χ2n) is 2.16. The van der Waals surface area contributed by atoms with Gasteiger partial charge in [-0.25, -0.2) is 9.64 Å². The van der Waals surface area contributed by atoms with Gasteiger partial charge in [0.15, 0.2) is 0 Å². The Morgan fingerprint density at radius 2 is 2.42 bits per heavy atom. The van der Waals surface area contributed by atoms with Gasteiger partial charge < -0.3 is 4.74 Å². The zero-order valence-electron chi connectivity index (χ0n) is 6.75. The smallest absolute Gasteiger partial charge is 0.346 e. The minimum absolute atomic E-state index is 0.377. The van der Waals surface area contributed by atoms with Crippen molar-refractivity contribution in [1.82, 2.24) is 0 Å². The number of aryl methyl sites for hydroxylation is 1. The summed E-state index contributed by atoms with van der Waals surface area (Å²) in [5.74, 6) is -0.377. The highest BCUT2D eigenvalue weighted by Gasteiger charge is 2.11. The van der Waals surface area contributed by atoms with Crippen LogP contribution in [0.4, 0.5) is 5.69 Å². The molecule has 0 amide bonds. The van der Waals surface area contributed by atoms with Gasteiger partial charge in [-0.05, 0) is 13.0 Å². The molecule has 0 saturated heterocycles. The first-order chi connectivity index (χ1) is 5.69. The van der Waals surface area contributed by atoms with E-state index in [4.69, 9.17) is 6.57 Å². The summed E-state index contributed by atoms with van der Waals surface area (Å²) in [5.41, 5.74) is 0.528. The summed E-state index contributed by atoms with van der Waals surface area (Å²) in [4.78, 5) is 15.6. The van der Waals surface area contributed by atoms with Crippen molar-refractivity contribution in [2.75, 3.05) is 7.11 Å². The van der Waals surface area contributed by atoms with Crippen LogP contribution >= 0.6 is 11.3 Å². The maximum absolute atomic E-state index is 11.0.